The van der Waals surface area contributed by atoms with E-state index in [1.54, 1.807) is 19.9 Å². The molecule has 0 unspecified atom stereocenters. The fraction of sp³-hybridized carbons (Fsp3) is 0.267. The molecule has 7 heteroatoms. The van der Waals surface area contributed by atoms with Crippen molar-refractivity contribution in [3.05, 3.63) is 51.3 Å². The van der Waals surface area contributed by atoms with E-state index in [9.17, 15) is 9.59 Å². The predicted octanol–water partition coefficient (Wildman–Crippen LogP) is 1.95. The van der Waals surface area contributed by atoms with Crippen molar-refractivity contribution in [3.63, 3.8) is 0 Å². The largest absolute Gasteiger partial charge is 0.361 e. The number of hydrogen-bond acceptors (Lipinski definition) is 4. The first kappa shape index (κ1) is 14.1. The van der Waals surface area contributed by atoms with Crippen LogP contribution in [0.15, 0.2) is 27.5 Å². The lowest BCUT2D eigenvalue weighted by atomic mass is 10.1. The van der Waals surface area contributed by atoms with E-state index in [-0.39, 0.29) is 17.6 Å². The summed E-state index contributed by atoms with van der Waals surface area (Å²) in [6, 6.07) is 5.29. The third kappa shape index (κ3) is 2.41. The fourth-order valence-corrected chi connectivity index (χ4v) is 2.48. The van der Waals surface area contributed by atoms with E-state index in [1.807, 2.05) is 19.1 Å². The summed E-state index contributed by atoms with van der Waals surface area (Å²) in [5.74, 6) is 0.263. The van der Waals surface area contributed by atoms with Crippen LogP contribution in [0.1, 0.15) is 40.3 Å². The van der Waals surface area contributed by atoms with Gasteiger partial charge in [0.1, 0.15) is 11.3 Å². The normalized spacial score (nSPS) is 12.5. The number of fused-ring (bicyclic) bond motifs is 1. The molecular weight excluding hydrogens is 284 g/mol. The van der Waals surface area contributed by atoms with Crippen LogP contribution in [-0.4, -0.2) is 21.0 Å². The van der Waals surface area contributed by atoms with E-state index < -0.39 is 0 Å². The lowest BCUT2D eigenvalue weighted by molar-refractivity contribution is 0.0938. The van der Waals surface area contributed by atoms with E-state index in [1.165, 1.54) is 0 Å². The summed E-state index contributed by atoms with van der Waals surface area (Å²) in [6.45, 7) is 5.31. The molecule has 0 bridgehead atoms. The van der Waals surface area contributed by atoms with Gasteiger partial charge in [-0.2, -0.15) is 0 Å². The summed E-state index contributed by atoms with van der Waals surface area (Å²) in [4.78, 5) is 29.0. The molecule has 22 heavy (non-hydrogen) atoms. The zero-order valence-corrected chi connectivity index (χ0v) is 12.5. The summed E-state index contributed by atoms with van der Waals surface area (Å²) in [7, 11) is 0. The molecule has 1 amide bonds. The van der Waals surface area contributed by atoms with Crippen molar-refractivity contribution < 1.29 is 9.32 Å². The van der Waals surface area contributed by atoms with Crippen molar-refractivity contribution >= 4 is 16.9 Å². The molecule has 2 aromatic heterocycles. The predicted molar refractivity (Wildman–Crippen MR) is 80.8 cm³/mol. The number of aromatic amines is 2. The first-order valence-corrected chi connectivity index (χ1v) is 6.91. The van der Waals surface area contributed by atoms with Crippen LogP contribution in [0.4, 0.5) is 0 Å². The van der Waals surface area contributed by atoms with Gasteiger partial charge < -0.3 is 19.8 Å². The van der Waals surface area contributed by atoms with Crippen molar-refractivity contribution in [1.82, 2.24) is 20.4 Å². The number of H-pyrrole nitrogens is 2. The molecule has 3 rings (SSSR count). The number of amides is 1. The van der Waals surface area contributed by atoms with E-state index in [0.717, 1.165) is 11.1 Å². The number of hydrogen-bond donors (Lipinski definition) is 3. The lowest BCUT2D eigenvalue weighted by Crippen LogP contribution is -2.27. The van der Waals surface area contributed by atoms with Gasteiger partial charge in [0.15, 0.2) is 0 Å². The standard InChI is InChI=1S/C15H16N4O3/c1-7(16-14(20)13-8(2)19-22-9(13)3)10-4-5-11-12(6-10)18-15(21)17-11/h4-7H,1-3H3,(H,16,20)(H2,17,18,21)/t7-/m0/s1. The second-order valence-corrected chi connectivity index (χ2v) is 5.28. The number of carbonyl (C=O) groups is 1. The first-order chi connectivity index (χ1) is 10.5. The highest BCUT2D eigenvalue weighted by Gasteiger charge is 2.19. The van der Waals surface area contributed by atoms with Gasteiger partial charge in [0, 0.05) is 0 Å². The maximum Gasteiger partial charge on any atom is 0.323 e. The Bertz CT molecular complexity index is 884. The molecule has 0 saturated carbocycles. The molecule has 3 N–H and O–H groups in total. The van der Waals surface area contributed by atoms with Crippen molar-refractivity contribution in [2.75, 3.05) is 0 Å². The third-order valence-corrected chi connectivity index (χ3v) is 3.65. The number of benzene rings is 1. The number of imidazole rings is 1. The molecule has 0 fully saturated rings. The summed E-state index contributed by atoms with van der Waals surface area (Å²) < 4.78 is 5.01. The smallest absolute Gasteiger partial charge is 0.323 e. The van der Waals surface area contributed by atoms with E-state index in [0.29, 0.717) is 22.5 Å². The zero-order valence-electron chi connectivity index (χ0n) is 12.5. The van der Waals surface area contributed by atoms with Gasteiger partial charge in [-0.15, -0.1) is 0 Å². The minimum Gasteiger partial charge on any atom is -0.361 e. The Kier molecular flexibility index (Phi) is 3.32. The van der Waals surface area contributed by atoms with Crippen molar-refractivity contribution in [2.24, 2.45) is 0 Å². The maximum atomic E-state index is 12.3. The monoisotopic (exact) mass is 300 g/mol. The Morgan fingerprint density at radius 2 is 2.00 bits per heavy atom. The average molecular weight is 300 g/mol. The molecule has 3 aromatic rings. The SMILES string of the molecule is Cc1noc(C)c1C(=O)N[C@@H](C)c1ccc2[nH]c(=O)[nH]c2c1. The third-order valence-electron chi connectivity index (χ3n) is 3.65. The highest BCUT2D eigenvalue weighted by Crippen LogP contribution is 2.19. The second-order valence-electron chi connectivity index (χ2n) is 5.28. The van der Waals surface area contributed by atoms with E-state index in [2.05, 4.69) is 20.4 Å². The van der Waals surface area contributed by atoms with Crippen LogP contribution >= 0.6 is 0 Å². The molecule has 0 spiro atoms. The van der Waals surface area contributed by atoms with Crippen LogP contribution < -0.4 is 11.0 Å². The molecule has 0 aliphatic carbocycles. The molecule has 7 nitrogen and oxygen atoms in total. The number of nitrogens with one attached hydrogen (secondary N) is 3. The van der Waals surface area contributed by atoms with Gasteiger partial charge in [-0.25, -0.2) is 4.79 Å². The summed E-state index contributed by atoms with van der Waals surface area (Å²) >= 11 is 0. The first-order valence-electron chi connectivity index (χ1n) is 6.91. The van der Waals surface area contributed by atoms with Crippen molar-refractivity contribution in [3.8, 4) is 0 Å². The van der Waals surface area contributed by atoms with Crippen LogP contribution in [0, 0.1) is 13.8 Å². The molecule has 2 heterocycles. The Morgan fingerprint density at radius 3 is 2.68 bits per heavy atom. The van der Waals surface area contributed by atoms with Crippen molar-refractivity contribution in [2.45, 2.75) is 26.8 Å². The number of nitrogens with zero attached hydrogens (tertiary/aromatic N) is 1. The minimum absolute atomic E-state index is 0.219. The number of rotatable bonds is 3. The van der Waals surface area contributed by atoms with Gasteiger partial charge in [0.25, 0.3) is 5.91 Å². The van der Waals surface area contributed by atoms with Gasteiger partial charge >= 0.3 is 5.69 Å². The topological polar surface area (TPSA) is 104 Å². The Morgan fingerprint density at radius 1 is 1.27 bits per heavy atom. The quantitative estimate of drug-likeness (QED) is 0.687. The molecule has 0 aliphatic heterocycles. The Labute approximate surface area is 125 Å². The van der Waals surface area contributed by atoms with Crippen LogP contribution in [-0.2, 0) is 0 Å². The Balaban J connectivity index is 1.85. The van der Waals surface area contributed by atoms with E-state index >= 15 is 0 Å². The van der Waals surface area contributed by atoms with Crippen LogP contribution in [0.25, 0.3) is 11.0 Å². The van der Waals surface area contributed by atoms with Gasteiger partial charge in [-0.3, -0.25) is 4.79 Å². The van der Waals surface area contributed by atoms with E-state index in [4.69, 9.17) is 4.52 Å². The minimum atomic E-state index is -0.250. The average Bonchev–Trinajstić information content (AvgIpc) is 2.99. The van der Waals surface area contributed by atoms with Crippen LogP contribution in [0.2, 0.25) is 0 Å². The summed E-state index contributed by atoms with van der Waals surface area (Å²) in [5, 5.41) is 6.69. The molecule has 0 saturated heterocycles. The molecule has 114 valence electrons. The maximum absolute atomic E-state index is 12.3. The Hall–Kier alpha value is -2.83. The van der Waals surface area contributed by atoms with Crippen LogP contribution in [0.5, 0.6) is 0 Å². The lowest BCUT2D eigenvalue weighted by Gasteiger charge is -2.14. The molecular formula is C15H16N4O3. The second kappa shape index (κ2) is 5.18. The van der Waals surface area contributed by atoms with Gasteiger partial charge in [-0.05, 0) is 38.5 Å². The fourth-order valence-electron chi connectivity index (χ4n) is 2.48. The number of carbonyl (C=O) groups excluding carboxylic acids is 1. The molecule has 1 atom stereocenters. The molecule has 0 aliphatic rings. The highest BCUT2D eigenvalue weighted by molar-refractivity contribution is 5.96. The highest BCUT2D eigenvalue weighted by atomic mass is 16.5. The summed E-state index contributed by atoms with van der Waals surface area (Å²) in [5.41, 5.74) is 3.11. The molecule has 0 radical (unpaired) electrons. The van der Waals surface area contributed by atoms with Gasteiger partial charge in [0.2, 0.25) is 0 Å². The van der Waals surface area contributed by atoms with Gasteiger partial charge in [-0.1, -0.05) is 11.2 Å². The van der Waals surface area contributed by atoms with Crippen LogP contribution in [0.3, 0.4) is 0 Å². The number of aromatic nitrogens is 3. The van der Waals surface area contributed by atoms with Crippen molar-refractivity contribution in [1.29, 1.82) is 0 Å². The molecule has 1 aromatic carbocycles. The summed E-state index contributed by atoms with van der Waals surface area (Å²) in [6.07, 6.45) is 0. The number of aryl methyl sites for hydroxylation is 2. The van der Waals surface area contributed by atoms with Gasteiger partial charge in [0.05, 0.1) is 22.8 Å². The zero-order chi connectivity index (χ0) is 15.9.